The number of carboxylic acid groups (broad SMARTS) is 1. The summed E-state index contributed by atoms with van der Waals surface area (Å²) in [6.45, 7) is 1.91. The molecule has 0 saturated carbocycles. The van der Waals surface area contributed by atoms with Crippen molar-refractivity contribution in [3.63, 3.8) is 0 Å². The van der Waals surface area contributed by atoms with Crippen LogP contribution in [0.15, 0.2) is 96.2 Å². The molecular weight excluding hydrogens is 552 g/mol. The maximum atomic E-state index is 11.7. The minimum absolute atomic E-state index is 0.0346. The fourth-order valence-electron chi connectivity index (χ4n) is 4.86. The Balaban J connectivity index is 1.37. The molecule has 5 rings (SSSR count). The zero-order chi connectivity index (χ0) is 29.5. The van der Waals surface area contributed by atoms with Crippen LogP contribution in [0.5, 0.6) is 0 Å². The third kappa shape index (κ3) is 7.24. The van der Waals surface area contributed by atoms with Gasteiger partial charge in [0, 0.05) is 37.4 Å². The summed E-state index contributed by atoms with van der Waals surface area (Å²) in [6.07, 6.45) is 1.02. The number of carbonyl (C=O) groups is 2. The zero-order valence-corrected chi connectivity index (χ0v) is 23.9. The molecule has 1 aromatic heterocycles. The molecule has 3 unspecified atom stereocenters. The van der Waals surface area contributed by atoms with Crippen molar-refractivity contribution in [2.75, 3.05) is 5.75 Å². The van der Waals surface area contributed by atoms with Gasteiger partial charge in [-0.2, -0.15) is 0 Å². The molecular formula is C33H32N2O6S. The smallest absolute Gasteiger partial charge is 0.338 e. The van der Waals surface area contributed by atoms with Crippen molar-refractivity contribution in [2.45, 2.75) is 50.0 Å². The normalized spacial score (nSPS) is 18.4. The molecule has 3 N–H and O–H groups in total. The van der Waals surface area contributed by atoms with E-state index in [2.05, 4.69) is 10.3 Å². The van der Waals surface area contributed by atoms with Crippen molar-refractivity contribution >= 4 is 23.6 Å². The minimum atomic E-state index is -1.02. The fourth-order valence-corrected chi connectivity index (χ4v) is 5.86. The number of benzene rings is 3. The zero-order valence-electron chi connectivity index (χ0n) is 23.1. The second-order valence-electron chi connectivity index (χ2n) is 10.0. The number of nitrogens with one attached hydrogen (secondary N) is 1. The number of hydrogen-bond donors (Lipinski definition) is 3. The van der Waals surface area contributed by atoms with Gasteiger partial charge in [-0.1, -0.05) is 72.8 Å². The van der Waals surface area contributed by atoms with Crippen LogP contribution in [0.4, 0.5) is 0 Å². The first-order chi connectivity index (χ1) is 20.4. The number of amides is 1. The summed E-state index contributed by atoms with van der Waals surface area (Å²) in [7, 11) is 0. The van der Waals surface area contributed by atoms with E-state index in [4.69, 9.17) is 9.47 Å². The van der Waals surface area contributed by atoms with Crippen LogP contribution in [0.25, 0.3) is 11.1 Å². The Morgan fingerprint density at radius 1 is 0.952 bits per heavy atom. The maximum absolute atomic E-state index is 11.7. The van der Waals surface area contributed by atoms with Crippen molar-refractivity contribution in [2.24, 2.45) is 0 Å². The number of aliphatic hydroxyl groups excluding tert-OH is 1. The first-order valence-electron chi connectivity index (χ1n) is 13.7. The lowest BCUT2D eigenvalue weighted by Crippen LogP contribution is -2.31. The molecule has 2 heterocycles. The van der Waals surface area contributed by atoms with Crippen LogP contribution in [-0.4, -0.2) is 38.9 Å². The van der Waals surface area contributed by atoms with Crippen molar-refractivity contribution in [3.05, 3.63) is 119 Å². The number of rotatable bonds is 10. The molecule has 0 radical (unpaired) electrons. The van der Waals surface area contributed by atoms with Gasteiger partial charge >= 0.3 is 5.97 Å². The summed E-state index contributed by atoms with van der Waals surface area (Å²) in [6, 6.07) is 26.8. The van der Waals surface area contributed by atoms with Gasteiger partial charge in [-0.25, -0.2) is 9.78 Å². The number of hydrogen-bond acceptors (Lipinski definition) is 7. The van der Waals surface area contributed by atoms with E-state index in [-0.39, 0.29) is 30.3 Å². The van der Waals surface area contributed by atoms with Crippen LogP contribution in [0.3, 0.4) is 0 Å². The van der Waals surface area contributed by atoms with E-state index in [9.17, 15) is 19.8 Å². The number of aromatic nitrogens is 1. The molecule has 0 bridgehead atoms. The number of nitrogens with zero attached hydrogens (tertiary/aromatic N) is 1. The number of aromatic carboxylic acids is 1. The molecule has 0 aliphatic carbocycles. The molecule has 3 aromatic carbocycles. The van der Waals surface area contributed by atoms with Crippen LogP contribution in [0.2, 0.25) is 0 Å². The number of ether oxygens (including phenoxy) is 2. The van der Waals surface area contributed by atoms with Gasteiger partial charge in [0.2, 0.25) is 5.91 Å². The van der Waals surface area contributed by atoms with Gasteiger partial charge < -0.3 is 25.0 Å². The van der Waals surface area contributed by atoms with Crippen molar-refractivity contribution in [1.29, 1.82) is 0 Å². The Morgan fingerprint density at radius 2 is 1.69 bits per heavy atom. The number of thioether (sulfide) groups is 1. The molecule has 9 heteroatoms. The van der Waals surface area contributed by atoms with Crippen LogP contribution < -0.4 is 5.32 Å². The number of carboxylic acids is 1. The third-order valence-corrected chi connectivity index (χ3v) is 8.20. The Morgan fingerprint density at radius 3 is 2.40 bits per heavy atom. The summed E-state index contributed by atoms with van der Waals surface area (Å²) in [5, 5.41) is 22.3. The molecule has 1 saturated heterocycles. The standard InChI is InChI=1S/C33H32N2O6S/c1-21(37)35-18-26-5-2-3-6-28(26)23-12-14-25(15-13-23)33-40-27(20-42-31-29(32(38)39)7-4-16-34-31)17-30(41-33)24-10-8-22(19-36)9-11-24/h2-16,27,30,33,36H,17-20H2,1H3,(H,35,37)(H,38,39). The molecule has 0 spiro atoms. The Hall–Kier alpha value is -4.02. The Labute approximate surface area is 248 Å². The lowest BCUT2D eigenvalue weighted by Gasteiger charge is -2.36. The molecule has 42 heavy (non-hydrogen) atoms. The van der Waals surface area contributed by atoms with Crippen molar-refractivity contribution in [3.8, 4) is 11.1 Å². The molecule has 216 valence electrons. The monoisotopic (exact) mass is 584 g/mol. The predicted octanol–water partition coefficient (Wildman–Crippen LogP) is 5.91. The summed E-state index contributed by atoms with van der Waals surface area (Å²) in [4.78, 5) is 27.4. The summed E-state index contributed by atoms with van der Waals surface area (Å²) in [5.41, 5.74) is 5.87. The molecule has 3 atom stereocenters. The van der Waals surface area contributed by atoms with Gasteiger partial charge in [-0.05, 0) is 39.9 Å². The largest absolute Gasteiger partial charge is 0.478 e. The Bertz CT molecular complexity index is 1530. The van der Waals surface area contributed by atoms with E-state index < -0.39 is 12.3 Å². The molecule has 8 nitrogen and oxygen atoms in total. The highest BCUT2D eigenvalue weighted by molar-refractivity contribution is 7.99. The predicted molar refractivity (Wildman–Crippen MR) is 160 cm³/mol. The third-order valence-electron chi connectivity index (χ3n) is 7.06. The average Bonchev–Trinajstić information content (AvgIpc) is 3.03. The second-order valence-corrected chi connectivity index (χ2v) is 11.0. The lowest BCUT2D eigenvalue weighted by molar-refractivity contribution is -0.245. The van der Waals surface area contributed by atoms with Gasteiger partial charge in [0.25, 0.3) is 0 Å². The van der Waals surface area contributed by atoms with E-state index in [0.29, 0.717) is 23.7 Å². The molecule has 1 amide bonds. The molecule has 1 aliphatic heterocycles. The van der Waals surface area contributed by atoms with Crippen LogP contribution >= 0.6 is 11.8 Å². The SMILES string of the molecule is CC(=O)NCc1ccccc1-c1ccc(C2OC(CSc3ncccc3C(=O)O)CC(c3ccc(CO)cc3)O2)cc1. The van der Waals surface area contributed by atoms with Crippen LogP contribution in [0, 0.1) is 0 Å². The van der Waals surface area contributed by atoms with Crippen LogP contribution in [-0.2, 0) is 27.4 Å². The fraction of sp³-hybridized carbons (Fsp3) is 0.242. The first-order valence-corrected chi connectivity index (χ1v) is 14.6. The highest BCUT2D eigenvalue weighted by Gasteiger charge is 2.32. The van der Waals surface area contributed by atoms with Gasteiger partial charge in [-0.15, -0.1) is 11.8 Å². The van der Waals surface area contributed by atoms with Crippen molar-refractivity contribution < 1.29 is 29.3 Å². The number of pyridine rings is 1. The maximum Gasteiger partial charge on any atom is 0.338 e. The van der Waals surface area contributed by atoms with Gasteiger partial charge in [-0.3, -0.25) is 4.79 Å². The van der Waals surface area contributed by atoms with Gasteiger partial charge in [0.1, 0.15) is 5.03 Å². The average molecular weight is 585 g/mol. The van der Waals surface area contributed by atoms with Crippen LogP contribution in [0.1, 0.15) is 58.4 Å². The van der Waals surface area contributed by atoms with Gasteiger partial charge in [0.15, 0.2) is 6.29 Å². The summed E-state index contributed by atoms with van der Waals surface area (Å²) >= 11 is 1.35. The highest BCUT2D eigenvalue weighted by Crippen LogP contribution is 2.40. The van der Waals surface area contributed by atoms with E-state index in [1.807, 2.05) is 72.8 Å². The minimum Gasteiger partial charge on any atom is -0.478 e. The molecule has 1 fully saturated rings. The van der Waals surface area contributed by atoms with E-state index >= 15 is 0 Å². The number of carbonyl (C=O) groups excluding carboxylic acids is 1. The highest BCUT2D eigenvalue weighted by atomic mass is 32.2. The van der Waals surface area contributed by atoms with E-state index in [1.165, 1.54) is 18.7 Å². The topological polar surface area (TPSA) is 118 Å². The molecule has 4 aromatic rings. The first kappa shape index (κ1) is 29.5. The summed E-state index contributed by atoms with van der Waals surface area (Å²) in [5.74, 6) is -0.601. The number of aliphatic hydroxyl groups is 1. The lowest BCUT2D eigenvalue weighted by atomic mass is 9.98. The van der Waals surface area contributed by atoms with Crippen molar-refractivity contribution in [1.82, 2.24) is 10.3 Å². The van der Waals surface area contributed by atoms with E-state index in [1.54, 1.807) is 18.3 Å². The van der Waals surface area contributed by atoms with E-state index in [0.717, 1.165) is 33.4 Å². The Kier molecular flexibility index (Phi) is 9.66. The second kappa shape index (κ2) is 13.8. The molecule has 1 aliphatic rings. The van der Waals surface area contributed by atoms with Gasteiger partial charge in [0.05, 0.1) is 24.4 Å². The summed E-state index contributed by atoms with van der Waals surface area (Å²) < 4.78 is 12.9. The quantitative estimate of drug-likeness (QED) is 0.197.